The molecule has 0 saturated heterocycles. The van der Waals surface area contributed by atoms with Gasteiger partial charge in [0.15, 0.2) is 5.41 Å². The third-order valence-electron chi connectivity index (χ3n) is 5.49. The van der Waals surface area contributed by atoms with E-state index in [4.69, 9.17) is 10.5 Å². The standard InChI is InChI=1S/C22H13N5O3/c23-9-16-19-15-3-1-2-4-18(15)30-10-17(19)20(22(11-24,12-25)21(16)26)13-5-7-14(8-6-13)27(28)29/h1-8,20H,10,26H2. The van der Waals surface area contributed by atoms with Crippen molar-refractivity contribution in [2.24, 2.45) is 11.1 Å². The molecule has 4 rings (SSSR count). The van der Waals surface area contributed by atoms with Crippen LogP contribution >= 0.6 is 0 Å². The highest BCUT2D eigenvalue weighted by Crippen LogP contribution is 2.55. The van der Waals surface area contributed by atoms with Crippen molar-refractivity contribution in [1.82, 2.24) is 0 Å². The van der Waals surface area contributed by atoms with Crippen LogP contribution in [0.4, 0.5) is 5.69 Å². The molecule has 0 bridgehead atoms. The average Bonchev–Trinajstić information content (AvgIpc) is 2.78. The Kier molecular flexibility index (Phi) is 4.23. The van der Waals surface area contributed by atoms with Gasteiger partial charge in [0, 0.05) is 29.2 Å². The lowest BCUT2D eigenvalue weighted by Crippen LogP contribution is -2.40. The van der Waals surface area contributed by atoms with E-state index >= 15 is 0 Å². The molecule has 0 amide bonds. The summed E-state index contributed by atoms with van der Waals surface area (Å²) in [5.41, 5.74) is 6.52. The molecule has 1 aliphatic heterocycles. The number of non-ortho nitro benzene ring substituents is 1. The Morgan fingerprint density at radius 2 is 1.77 bits per heavy atom. The molecular formula is C22H13N5O3. The summed E-state index contributed by atoms with van der Waals surface area (Å²) in [5.74, 6) is -0.283. The van der Waals surface area contributed by atoms with E-state index in [1.807, 2.05) is 12.1 Å². The van der Waals surface area contributed by atoms with Gasteiger partial charge in [0.25, 0.3) is 5.69 Å². The van der Waals surface area contributed by atoms with E-state index in [0.29, 0.717) is 28.0 Å². The number of nitriles is 3. The van der Waals surface area contributed by atoms with Crippen LogP contribution in [-0.4, -0.2) is 11.5 Å². The maximum Gasteiger partial charge on any atom is 0.269 e. The van der Waals surface area contributed by atoms with Crippen molar-refractivity contribution >= 4 is 11.3 Å². The van der Waals surface area contributed by atoms with Gasteiger partial charge in [-0.25, -0.2) is 0 Å². The summed E-state index contributed by atoms with van der Waals surface area (Å²) in [6.45, 7) is 0.0531. The monoisotopic (exact) mass is 395 g/mol. The molecule has 1 heterocycles. The minimum atomic E-state index is -1.85. The number of rotatable bonds is 2. The van der Waals surface area contributed by atoms with E-state index in [-0.39, 0.29) is 23.6 Å². The molecule has 0 fully saturated rings. The lowest BCUT2D eigenvalue weighted by atomic mass is 9.61. The predicted octanol–water partition coefficient (Wildman–Crippen LogP) is 3.31. The van der Waals surface area contributed by atoms with Crippen molar-refractivity contribution in [1.29, 1.82) is 15.8 Å². The molecule has 2 N–H and O–H groups in total. The number of para-hydroxylation sites is 1. The van der Waals surface area contributed by atoms with Crippen LogP contribution in [0, 0.1) is 49.5 Å². The van der Waals surface area contributed by atoms with E-state index in [9.17, 15) is 25.9 Å². The highest BCUT2D eigenvalue weighted by molar-refractivity contribution is 5.92. The first-order chi connectivity index (χ1) is 14.5. The average molecular weight is 395 g/mol. The Morgan fingerprint density at radius 3 is 2.37 bits per heavy atom. The van der Waals surface area contributed by atoms with Gasteiger partial charge < -0.3 is 10.5 Å². The zero-order chi connectivity index (χ0) is 21.5. The Hall–Kier alpha value is -4.61. The Labute approximate surface area is 171 Å². The van der Waals surface area contributed by atoms with Gasteiger partial charge in [-0.2, -0.15) is 15.8 Å². The molecule has 1 unspecified atom stereocenters. The zero-order valence-corrected chi connectivity index (χ0v) is 15.5. The van der Waals surface area contributed by atoms with Gasteiger partial charge in [-0.15, -0.1) is 0 Å². The molecule has 144 valence electrons. The van der Waals surface area contributed by atoms with Gasteiger partial charge in [-0.3, -0.25) is 10.1 Å². The second-order valence-electron chi connectivity index (χ2n) is 6.90. The van der Waals surface area contributed by atoms with Crippen molar-refractivity contribution in [3.63, 3.8) is 0 Å². The molecule has 30 heavy (non-hydrogen) atoms. The first kappa shape index (κ1) is 18.7. The number of nitro benzene ring substituents is 1. The normalized spacial score (nSPS) is 18.8. The quantitative estimate of drug-likeness (QED) is 0.605. The van der Waals surface area contributed by atoms with E-state index in [0.717, 1.165) is 0 Å². The minimum Gasteiger partial charge on any atom is -0.489 e. The number of nitrogens with zero attached hydrogens (tertiary/aromatic N) is 4. The summed E-state index contributed by atoms with van der Waals surface area (Å²) in [6.07, 6.45) is 0. The molecule has 2 aliphatic rings. The van der Waals surface area contributed by atoms with Crippen LogP contribution in [0.25, 0.3) is 5.57 Å². The van der Waals surface area contributed by atoms with Crippen LogP contribution < -0.4 is 10.5 Å². The number of ether oxygens (including phenoxy) is 1. The Morgan fingerprint density at radius 1 is 1.10 bits per heavy atom. The molecule has 1 atom stereocenters. The van der Waals surface area contributed by atoms with Crippen LogP contribution in [0.5, 0.6) is 5.75 Å². The first-order valence-corrected chi connectivity index (χ1v) is 8.91. The second-order valence-corrected chi connectivity index (χ2v) is 6.90. The van der Waals surface area contributed by atoms with E-state index < -0.39 is 16.3 Å². The summed E-state index contributed by atoms with van der Waals surface area (Å²) in [5, 5.41) is 40.9. The summed E-state index contributed by atoms with van der Waals surface area (Å²) in [4.78, 5) is 10.5. The third kappa shape index (κ3) is 2.44. The molecule has 0 radical (unpaired) electrons. The number of hydrogen-bond donors (Lipinski definition) is 1. The molecule has 8 nitrogen and oxygen atoms in total. The molecule has 0 aromatic heterocycles. The van der Waals surface area contributed by atoms with Crippen LogP contribution in [0.3, 0.4) is 0 Å². The maximum atomic E-state index is 11.0. The van der Waals surface area contributed by atoms with Crippen molar-refractivity contribution in [2.45, 2.75) is 5.92 Å². The fourth-order valence-electron chi connectivity index (χ4n) is 4.10. The number of nitro groups is 1. The zero-order valence-electron chi connectivity index (χ0n) is 15.5. The van der Waals surface area contributed by atoms with E-state index in [2.05, 4.69) is 6.07 Å². The Balaban J connectivity index is 2.05. The van der Waals surface area contributed by atoms with Crippen molar-refractivity contribution < 1.29 is 9.66 Å². The lowest BCUT2D eigenvalue weighted by Gasteiger charge is -2.40. The second kappa shape index (κ2) is 6.77. The molecule has 8 heteroatoms. The van der Waals surface area contributed by atoms with Crippen LogP contribution in [0.2, 0.25) is 0 Å². The number of nitrogens with two attached hydrogens (primary N) is 1. The largest absolute Gasteiger partial charge is 0.489 e. The highest BCUT2D eigenvalue weighted by atomic mass is 16.6. The predicted molar refractivity (Wildman–Crippen MR) is 105 cm³/mol. The van der Waals surface area contributed by atoms with Crippen LogP contribution in [-0.2, 0) is 0 Å². The molecule has 0 spiro atoms. The molecule has 2 aromatic carbocycles. The number of benzene rings is 2. The maximum absolute atomic E-state index is 11.0. The van der Waals surface area contributed by atoms with Gasteiger partial charge in [0.2, 0.25) is 0 Å². The van der Waals surface area contributed by atoms with Crippen LogP contribution in [0.15, 0.2) is 65.4 Å². The van der Waals surface area contributed by atoms with E-state index in [1.54, 1.807) is 24.3 Å². The van der Waals surface area contributed by atoms with Gasteiger partial charge in [0.1, 0.15) is 18.4 Å². The first-order valence-electron chi connectivity index (χ1n) is 8.91. The topological polar surface area (TPSA) is 150 Å². The summed E-state index contributed by atoms with van der Waals surface area (Å²) in [6, 6.07) is 18.8. The molecular weight excluding hydrogens is 382 g/mol. The number of fused-ring (bicyclic) bond motifs is 2. The van der Waals surface area contributed by atoms with Gasteiger partial charge >= 0.3 is 0 Å². The molecule has 1 aliphatic carbocycles. The van der Waals surface area contributed by atoms with Gasteiger partial charge in [-0.05, 0) is 17.2 Å². The minimum absolute atomic E-state index is 0.0531. The molecule has 0 saturated carbocycles. The van der Waals surface area contributed by atoms with E-state index in [1.165, 1.54) is 24.3 Å². The highest BCUT2D eigenvalue weighted by Gasteiger charge is 2.52. The molecule has 2 aromatic rings. The van der Waals surface area contributed by atoms with Crippen molar-refractivity contribution in [3.05, 3.63) is 86.6 Å². The summed E-state index contributed by atoms with van der Waals surface area (Å²) >= 11 is 0. The van der Waals surface area contributed by atoms with Crippen LogP contribution in [0.1, 0.15) is 17.0 Å². The smallest absolute Gasteiger partial charge is 0.269 e. The fourth-order valence-corrected chi connectivity index (χ4v) is 4.10. The van der Waals surface area contributed by atoms with Crippen molar-refractivity contribution in [2.75, 3.05) is 6.61 Å². The van der Waals surface area contributed by atoms with Crippen molar-refractivity contribution in [3.8, 4) is 24.0 Å². The fraction of sp³-hybridized carbons (Fsp3) is 0.136. The Bertz CT molecular complexity index is 1260. The SMILES string of the molecule is N#CC1=C(N)C(C#N)(C#N)C(c2ccc([N+](=O)[O-])cc2)C2=C1c1ccccc1OC2. The lowest BCUT2D eigenvalue weighted by molar-refractivity contribution is -0.384. The number of allylic oxidation sites excluding steroid dienone is 3. The van der Waals surface area contributed by atoms with Gasteiger partial charge in [-0.1, -0.05) is 30.3 Å². The summed E-state index contributed by atoms with van der Waals surface area (Å²) in [7, 11) is 0. The van der Waals surface area contributed by atoms with Gasteiger partial charge in [0.05, 0.1) is 28.3 Å². The number of hydrogen-bond acceptors (Lipinski definition) is 7. The summed E-state index contributed by atoms with van der Waals surface area (Å²) < 4.78 is 5.86. The third-order valence-corrected chi connectivity index (χ3v) is 5.49.